The zero-order chi connectivity index (χ0) is 47.5. The molecule has 0 aliphatic heterocycles. The molecule has 0 aromatic heterocycles. The predicted octanol–water partition coefficient (Wildman–Crippen LogP) is 2.26. The zero-order valence-electron chi connectivity index (χ0n) is 32.5. The summed E-state index contributed by atoms with van der Waals surface area (Å²) < 4.78 is 207. The fourth-order valence-electron chi connectivity index (χ4n) is 6.46. The maximum Gasteiger partial charge on any atom is 1.00 e. The fraction of sp³-hybridized carbons (Fsp3) is 0.0588. The molecule has 0 radical (unpaired) electrons. The Morgan fingerprint density at radius 2 is 0.692 bits per heavy atom. The smallest absolute Gasteiger partial charge is 0.396 e. The van der Waals surface area contributed by atoms with Crippen molar-refractivity contribution in [1.29, 1.82) is 0 Å². The third-order valence-electron chi connectivity index (χ3n) is 9.19. The Labute approximate surface area is 390 Å². The molecule has 0 bridgehead atoms. The first-order valence-corrected chi connectivity index (χ1v) is 25.7. The summed E-state index contributed by atoms with van der Waals surface area (Å²) in [5.41, 5.74) is 9.04. The van der Waals surface area contributed by atoms with Gasteiger partial charge in [0.15, 0.2) is 0 Å². The summed E-state index contributed by atoms with van der Waals surface area (Å²) in [5.74, 6) is 0. The molecule has 6 rings (SSSR count). The van der Waals surface area contributed by atoms with Crippen LogP contribution in [0.5, 0.6) is 0 Å². The maximum absolute atomic E-state index is 12.5. The van der Waals surface area contributed by atoms with Crippen LogP contribution in [-0.4, -0.2) is 77.8 Å². The summed E-state index contributed by atoms with van der Waals surface area (Å²) >= 11 is 0. The summed E-state index contributed by atoms with van der Waals surface area (Å²) in [6.07, 6.45) is -0.711. The van der Waals surface area contributed by atoms with Crippen molar-refractivity contribution < 1.29 is 107 Å². The molecule has 0 unspecified atom stereocenters. The minimum atomic E-state index is -5.09. The molecule has 0 aliphatic carbocycles. The Hall–Kier alpha value is -4.90. The number of anilines is 2. The molecule has 338 valence electrons. The first-order valence-electron chi connectivity index (χ1n) is 17.0. The molecule has 0 heterocycles. The van der Waals surface area contributed by atoms with E-state index in [0.717, 1.165) is 84.9 Å². The van der Waals surface area contributed by atoms with E-state index in [1.165, 1.54) is 0 Å². The van der Waals surface area contributed by atoms with Gasteiger partial charge in [0, 0.05) is 21.5 Å². The van der Waals surface area contributed by atoms with E-state index in [2.05, 4.69) is 20.5 Å². The van der Waals surface area contributed by atoms with E-state index in [9.17, 15) is 77.8 Å². The average Bonchev–Trinajstić information content (AvgIpc) is 3.17. The minimum Gasteiger partial charge on any atom is -0.396 e. The van der Waals surface area contributed by atoms with Gasteiger partial charge in [-0.15, -0.1) is 10.2 Å². The second-order valence-corrected chi connectivity index (χ2v) is 21.6. The Morgan fingerprint density at radius 3 is 0.985 bits per heavy atom. The predicted molar refractivity (Wildman–Crippen MR) is 224 cm³/mol. The number of rotatable bonds is 13. The van der Waals surface area contributed by atoms with Gasteiger partial charge in [0.2, 0.25) is 0 Å². The molecule has 0 fully saturated rings. The summed E-state index contributed by atoms with van der Waals surface area (Å²) in [6, 6.07) is 13.7. The first-order chi connectivity index (χ1) is 29.4. The van der Waals surface area contributed by atoms with E-state index in [4.69, 9.17) is 11.5 Å². The van der Waals surface area contributed by atoms with Crippen molar-refractivity contribution in [2.45, 2.75) is 42.2 Å². The van der Waals surface area contributed by atoms with Crippen molar-refractivity contribution in [3.05, 3.63) is 96.1 Å². The van der Waals surface area contributed by atoms with Crippen molar-refractivity contribution >= 4 is 116 Å². The van der Waals surface area contributed by atoms with Gasteiger partial charge in [0.25, 0.3) is 60.7 Å². The van der Waals surface area contributed by atoms with Crippen LogP contribution in [-0.2, 0) is 73.6 Å². The number of benzene rings is 6. The van der Waals surface area contributed by atoms with Crippen LogP contribution in [0.3, 0.4) is 0 Å². The van der Waals surface area contributed by atoms with Gasteiger partial charge in [-0.3, -0.25) is 27.3 Å². The molecule has 0 saturated carbocycles. The van der Waals surface area contributed by atoms with Crippen molar-refractivity contribution in [1.82, 2.24) is 0 Å². The molecule has 6 aromatic rings. The number of nitrogen functional groups attached to an aromatic ring is 2. The summed E-state index contributed by atoms with van der Waals surface area (Å²) in [7, 11) is -30.4. The Bertz CT molecular complexity index is 3510. The van der Waals surface area contributed by atoms with Crippen LogP contribution in [0.25, 0.3) is 21.5 Å². The van der Waals surface area contributed by atoms with Gasteiger partial charge >= 0.3 is 29.6 Å². The van der Waals surface area contributed by atoms with Crippen LogP contribution in [0.4, 0.5) is 34.1 Å². The quantitative estimate of drug-likeness (QED) is 0.0356. The van der Waals surface area contributed by atoms with E-state index >= 15 is 0 Å². The van der Waals surface area contributed by atoms with Gasteiger partial charge in [0.05, 0.1) is 32.5 Å². The number of fused-ring (bicyclic) bond motifs is 2. The molecule has 0 spiro atoms. The van der Waals surface area contributed by atoms with Crippen molar-refractivity contribution in [2.75, 3.05) is 11.5 Å². The normalized spacial score (nSPS) is 13.2. The number of hydrogen-bond donors (Lipinski definition) is 8. The molecule has 6 aromatic carbocycles. The van der Waals surface area contributed by atoms with Crippen LogP contribution in [0.15, 0.2) is 135 Å². The van der Waals surface area contributed by atoms with Gasteiger partial charge in [-0.25, -0.2) is 0 Å². The molecule has 0 amide bonds. The minimum absolute atomic E-state index is 0. The molecule has 0 saturated heterocycles. The van der Waals surface area contributed by atoms with Crippen LogP contribution >= 0.6 is 0 Å². The topological polar surface area (TPSA) is 428 Å². The largest absolute Gasteiger partial charge is 1.00 e. The van der Waals surface area contributed by atoms with E-state index in [1.807, 2.05) is 0 Å². The van der Waals surface area contributed by atoms with E-state index in [1.54, 1.807) is 0 Å². The second kappa shape index (κ2) is 18.1. The van der Waals surface area contributed by atoms with Crippen molar-refractivity contribution in [2.24, 2.45) is 20.5 Å². The zero-order valence-corrected chi connectivity index (χ0v) is 39.4. The van der Waals surface area contributed by atoms with E-state index in [-0.39, 0.29) is 64.9 Å². The number of nitrogens with two attached hydrogens (primary N) is 2. The van der Waals surface area contributed by atoms with Crippen LogP contribution in [0, 0.1) is 0 Å². The van der Waals surface area contributed by atoms with Gasteiger partial charge in [-0.05, 0) is 72.5 Å². The molecule has 24 nitrogen and oxygen atoms in total. The summed E-state index contributed by atoms with van der Waals surface area (Å²) in [4.78, 5) is -5.02. The molecule has 65 heavy (non-hydrogen) atoms. The van der Waals surface area contributed by atoms with Crippen LogP contribution in [0.1, 0.15) is 11.1 Å². The number of aryl methyl sites for hydroxylation is 2. The second-order valence-electron chi connectivity index (χ2n) is 13.3. The number of nitrogens with zero attached hydrogens (tertiary/aromatic N) is 4. The molecule has 0 aliphatic rings. The van der Waals surface area contributed by atoms with Gasteiger partial charge in [0.1, 0.15) is 31.0 Å². The molecule has 0 atom stereocenters. The van der Waals surface area contributed by atoms with E-state index in [0.29, 0.717) is 0 Å². The fourth-order valence-corrected chi connectivity index (χ4v) is 10.9. The monoisotopic (exact) mass is 1020 g/mol. The summed E-state index contributed by atoms with van der Waals surface area (Å²) in [6.45, 7) is 0. The SMILES string of the molecule is Nc1c(N=Nc2ccc(CCc3ccc(N=Nc4cc(S(=O)(=O)O)c5cccc(S(=O)(=O)O)c5c4N)cc3S(=O)(=O)O)c(S(=O)(=O)O)c2)cc(S(=O)(=O)O)c2cccc(S(=O)(=O)O)c12.[Na+]. The number of azo groups is 2. The van der Waals surface area contributed by atoms with Crippen molar-refractivity contribution in [3.8, 4) is 0 Å². The van der Waals surface area contributed by atoms with E-state index < -0.39 is 134 Å². The Morgan fingerprint density at radius 1 is 0.385 bits per heavy atom. The Balaban J connectivity index is 0.00000793. The third kappa shape index (κ3) is 11.0. The van der Waals surface area contributed by atoms with Crippen LogP contribution < -0.4 is 41.0 Å². The maximum atomic E-state index is 12.5. The first kappa shape index (κ1) is 51.1. The third-order valence-corrected chi connectivity index (χ3v) is 14.6. The Kier molecular flexibility index (Phi) is 14.2. The summed E-state index contributed by atoms with van der Waals surface area (Å²) in [5, 5.41) is 13.2. The standard InChI is InChI=1S/C34H28N6O18S6.Na/c35-33-23(15-29(63(53,54)55)21-3-1-5-25(31(21)33)59(41,42)43)39-37-19-11-9-17(27(13-19)61(47,48)49)7-8-18-10-12-20(14-28(18)62(50,51)52)38-40-24-16-30(64(56,57)58)22-4-2-6-26(60(44,45)46)32(22)34(24)36;/h1-6,9-16H,7-8,35-36H2,(H,41,42,43)(H,44,45,46)(H,47,48,49)(H,50,51,52)(H,53,54,55)(H,56,57,58);/q;+1. The molecule has 10 N–H and O–H groups in total. The molecular formula is C34H28N6NaO18S6+. The van der Waals surface area contributed by atoms with Crippen LogP contribution in [0.2, 0.25) is 0 Å². The average molecular weight is 1020 g/mol. The molecule has 31 heteroatoms. The van der Waals surface area contributed by atoms with Gasteiger partial charge in [-0.1, -0.05) is 36.4 Å². The number of hydrogen-bond acceptors (Lipinski definition) is 18. The van der Waals surface area contributed by atoms with Gasteiger partial charge in [-0.2, -0.15) is 60.7 Å². The van der Waals surface area contributed by atoms with Gasteiger partial charge < -0.3 is 11.5 Å². The molecular weight excluding hydrogens is 996 g/mol. The van der Waals surface area contributed by atoms with Crippen molar-refractivity contribution in [3.63, 3.8) is 0 Å².